The molecular formula is C16H25NO2. The Morgan fingerprint density at radius 3 is 2.79 bits per heavy atom. The van der Waals surface area contributed by atoms with Crippen LogP contribution in [0.15, 0.2) is 24.3 Å². The Bertz CT molecular complexity index is 356. The van der Waals surface area contributed by atoms with E-state index in [0.717, 1.165) is 38.2 Å². The van der Waals surface area contributed by atoms with Crippen LogP contribution < -0.4 is 10.5 Å². The lowest BCUT2D eigenvalue weighted by Crippen LogP contribution is -2.17. The number of hydrogen-bond acceptors (Lipinski definition) is 3. The lowest BCUT2D eigenvalue weighted by atomic mass is 10.1. The van der Waals surface area contributed by atoms with Crippen molar-refractivity contribution in [3.8, 4) is 5.75 Å². The van der Waals surface area contributed by atoms with E-state index in [1.807, 2.05) is 19.1 Å². The summed E-state index contributed by atoms with van der Waals surface area (Å²) in [6.45, 7) is 3.73. The van der Waals surface area contributed by atoms with Crippen LogP contribution in [0.3, 0.4) is 0 Å². The normalized spacial score (nSPS) is 20.4. The topological polar surface area (TPSA) is 44.5 Å². The highest BCUT2D eigenvalue weighted by Crippen LogP contribution is 2.18. The van der Waals surface area contributed by atoms with Gasteiger partial charge in [0.05, 0.1) is 12.7 Å². The zero-order valence-electron chi connectivity index (χ0n) is 11.8. The zero-order chi connectivity index (χ0) is 13.5. The van der Waals surface area contributed by atoms with Crippen molar-refractivity contribution in [3.05, 3.63) is 29.8 Å². The summed E-state index contributed by atoms with van der Waals surface area (Å²) in [5.41, 5.74) is 7.04. The van der Waals surface area contributed by atoms with E-state index in [1.165, 1.54) is 18.4 Å². The van der Waals surface area contributed by atoms with E-state index >= 15 is 0 Å². The summed E-state index contributed by atoms with van der Waals surface area (Å²) in [7, 11) is 0. The third-order valence-corrected chi connectivity index (χ3v) is 3.44. The van der Waals surface area contributed by atoms with Gasteiger partial charge in [0.2, 0.25) is 0 Å². The fourth-order valence-electron chi connectivity index (χ4n) is 2.47. The van der Waals surface area contributed by atoms with Crippen LogP contribution in [0.25, 0.3) is 0 Å². The molecular weight excluding hydrogens is 238 g/mol. The highest BCUT2D eigenvalue weighted by molar-refractivity contribution is 5.27. The average molecular weight is 263 g/mol. The van der Waals surface area contributed by atoms with Gasteiger partial charge in [-0.05, 0) is 56.7 Å². The molecule has 1 saturated heterocycles. The van der Waals surface area contributed by atoms with Gasteiger partial charge in [-0.1, -0.05) is 12.1 Å². The van der Waals surface area contributed by atoms with Crippen molar-refractivity contribution in [3.63, 3.8) is 0 Å². The average Bonchev–Trinajstić information content (AvgIpc) is 2.89. The number of ether oxygens (including phenoxy) is 2. The van der Waals surface area contributed by atoms with Crippen molar-refractivity contribution in [2.75, 3.05) is 13.2 Å². The predicted molar refractivity (Wildman–Crippen MR) is 77.5 cm³/mol. The molecule has 1 heterocycles. The van der Waals surface area contributed by atoms with E-state index in [0.29, 0.717) is 6.10 Å². The Hall–Kier alpha value is -1.06. The van der Waals surface area contributed by atoms with Crippen LogP contribution in [0.2, 0.25) is 0 Å². The maximum absolute atomic E-state index is 5.78. The minimum absolute atomic E-state index is 0.207. The van der Waals surface area contributed by atoms with Crippen molar-refractivity contribution in [1.82, 2.24) is 0 Å². The second-order valence-electron chi connectivity index (χ2n) is 5.45. The van der Waals surface area contributed by atoms with Gasteiger partial charge in [0.25, 0.3) is 0 Å². The summed E-state index contributed by atoms with van der Waals surface area (Å²) in [5.74, 6) is 0.945. The van der Waals surface area contributed by atoms with Crippen LogP contribution in [0.5, 0.6) is 5.75 Å². The van der Waals surface area contributed by atoms with E-state index in [1.54, 1.807) is 0 Å². The molecule has 19 heavy (non-hydrogen) atoms. The van der Waals surface area contributed by atoms with Crippen LogP contribution in [-0.2, 0) is 11.2 Å². The molecule has 3 heteroatoms. The first-order valence-corrected chi connectivity index (χ1v) is 7.33. The first-order chi connectivity index (χ1) is 9.24. The van der Waals surface area contributed by atoms with Crippen LogP contribution in [-0.4, -0.2) is 25.4 Å². The van der Waals surface area contributed by atoms with Gasteiger partial charge < -0.3 is 15.2 Å². The Morgan fingerprint density at radius 1 is 1.37 bits per heavy atom. The lowest BCUT2D eigenvalue weighted by Gasteiger charge is -2.11. The van der Waals surface area contributed by atoms with Crippen molar-refractivity contribution in [2.45, 2.75) is 51.2 Å². The molecule has 1 aromatic carbocycles. The standard InChI is InChI=1S/C16H25NO2/c1-13(17)12-14-6-8-16(9-7-14)19-11-3-5-15-4-2-10-18-15/h6-9,13,15H,2-5,10-12,17H2,1H3. The Morgan fingerprint density at radius 2 is 2.16 bits per heavy atom. The first-order valence-electron chi connectivity index (χ1n) is 7.33. The molecule has 3 nitrogen and oxygen atoms in total. The number of rotatable bonds is 7. The molecule has 0 spiro atoms. The SMILES string of the molecule is CC(N)Cc1ccc(OCCCC2CCCO2)cc1. The molecule has 2 N–H and O–H groups in total. The third-order valence-electron chi connectivity index (χ3n) is 3.44. The number of hydrogen-bond donors (Lipinski definition) is 1. The molecule has 106 valence electrons. The van der Waals surface area contributed by atoms with Gasteiger partial charge in [0, 0.05) is 12.6 Å². The van der Waals surface area contributed by atoms with Crippen LogP contribution >= 0.6 is 0 Å². The maximum atomic E-state index is 5.78. The summed E-state index contributed by atoms with van der Waals surface area (Å²) in [6, 6.07) is 8.46. The second-order valence-corrected chi connectivity index (χ2v) is 5.45. The monoisotopic (exact) mass is 263 g/mol. The van der Waals surface area contributed by atoms with E-state index in [4.69, 9.17) is 15.2 Å². The Labute approximate surface area is 116 Å². The molecule has 0 aromatic heterocycles. The van der Waals surface area contributed by atoms with Gasteiger partial charge >= 0.3 is 0 Å². The molecule has 0 radical (unpaired) electrons. The molecule has 2 unspecified atom stereocenters. The molecule has 1 aliphatic heterocycles. The van der Waals surface area contributed by atoms with E-state index in [-0.39, 0.29) is 6.04 Å². The van der Waals surface area contributed by atoms with Gasteiger partial charge in [-0.15, -0.1) is 0 Å². The second kappa shape index (κ2) is 7.51. The fourth-order valence-corrected chi connectivity index (χ4v) is 2.47. The minimum Gasteiger partial charge on any atom is -0.494 e. The highest BCUT2D eigenvalue weighted by Gasteiger charge is 2.14. The number of nitrogens with two attached hydrogens (primary N) is 1. The van der Waals surface area contributed by atoms with Gasteiger partial charge in [-0.25, -0.2) is 0 Å². The molecule has 0 amide bonds. The Balaban J connectivity index is 1.65. The fraction of sp³-hybridized carbons (Fsp3) is 0.625. The summed E-state index contributed by atoms with van der Waals surface area (Å²) >= 11 is 0. The number of benzene rings is 1. The van der Waals surface area contributed by atoms with Gasteiger partial charge in [0.1, 0.15) is 5.75 Å². The van der Waals surface area contributed by atoms with Crippen molar-refractivity contribution < 1.29 is 9.47 Å². The van der Waals surface area contributed by atoms with Crippen LogP contribution in [0.4, 0.5) is 0 Å². The largest absolute Gasteiger partial charge is 0.494 e. The Kier molecular flexibility index (Phi) is 5.67. The van der Waals surface area contributed by atoms with Crippen molar-refractivity contribution in [2.24, 2.45) is 5.73 Å². The van der Waals surface area contributed by atoms with Gasteiger partial charge in [-0.2, -0.15) is 0 Å². The maximum Gasteiger partial charge on any atom is 0.119 e. The van der Waals surface area contributed by atoms with E-state index in [2.05, 4.69) is 12.1 Å². The van der Waals surface area contributed by atoms with Crippen LogP contribution in [0, 0.1) is 0 Å². The minimum atomic E-state index is 0.207. The lowest BCUT2D eigenvalue weighted by molar-refractivity contribution is 0.0981. The summed E-state index contributed by atoms with van der Waals surface area (Å²) in [5, 5.41) is 0. The molecule has 0 saturated carbocycles. The van der Waals surface area contributed by atoms with Crippen molar-refractivity contribution >= 4 is 0 Å². The molecule has 0 aliphatic carbocycles. The molecule has 2 rings (SSSR count). The zero-order valence-corrected chi connectivity index (χ0v) is 11.8. The molecule has 0 bridgehead atoms. The summed E-state index contributed by atoms with van der Waals surface area (Å²) in [6.07, 6.45) is 5.99. The smallest absolute Gasteiger partial charge is 0.119 e. The van der Waals surface area contributed by atoms with Crippen LogP contribution in [0.1, 0.15) is 38.2 Å². The summed E-state index contributed by atoms with van der Waals surface area (Å²) in [4.78, 5) is 0. The molecule has 1 aromatic rings. The third kappa shape index (κ3) is 5.21. The molecule has 1 aliphatic rings. The molecule has 1 fully saturated rings. The first kappa shape index (κ1) is 14.4. The van der Waals surface area contributed by atoms with E-state index in [9.17, 15) is 0 Å². The van der Waals surface area contributed by atoms with Crippen molar-refractivity contribution in [1.29, 1.82) is 0 Å². The van der Waals surface area contributed by atoms with E-state index < -0.39 is 0 Å². The summed E-state index contributed by atoms with van der Waals surface area (Å²) < 4.78 is 11.3. The highest BCUT2D eigenvalue weighted by atomic mass is 16.5. The van der Waals surface area contributed by atoms with Gasteiger partial charge in [0.15, 0.2) is 0 Å². The van der Waals surface area contributed by atoms with Gasteiger partial charge in [-0.3, -0.25) is 0 Å². The predicted octanol–water partition coefficient (Wildman–Crippen LogP) is 2.91. The quantitative estimate of drug-likeness (QED) is 0.769. The molecule has 2 atom stereocenters.